The molecule has 1 unspecified atom stereocenters. The molecule has 24 heavy (non-hydrogen) atoms. The Bertz CT molecular complexity index is 756. The van der Waals surface area contributed by atoms with Gasteiger partial charge in [0.1, 0.15) is 6.04 Å². The van der Waals surface area contributed by atoms with Gasteiger partial charge in [-0.05, 0) is 37.3 Å². The Morgan fingerprint density at radius 3 is 2.67 bits per heavy atom. The molecule has 3 rings (SSSR count). The summed E-state index contributed by atoms with van der Waals surface area (Å²) in [7, 11) is -3.55. The molecule has 4 N–H and O–H groups in total. The standard InChI is InChI=1S/C15H20N4O4S/c16-24(22,23)11-3-1-9(2-4-11)14(20)19-13-7-10-8-17-6-5-12(10)18-15(13)21/h5-6,8-9,11,13H,1-4,7H2,(H,18,21)(H,19,20)(H2,16,22,23). The van der Waals surface area contributed by atoms with Crippen molar-refractivity contribution in [3.05, 3.63) is 24.0 Å². The van der Waals surface area contributed by atoms with Gasteiger partial charge in [-0.15, -0.1) is 0 Å². The van der Waals surface area contributed by atoms with Gasteiger partial charge in [-0.2, -0.15) is 0 Å². The predicted octanol–water partition coefficient (Wildman–Crippen LogP) is -0.0917. The highest BCUT2D eigenvalue weighted by Gasteiger charge is 2.34. The maximum atomic E-state index is 12.4. The molecule has 1 aromatic rings. The van der Waals surface area contributed by atoms with Gasteiger partial charge in [-0.25, -0.2) is 13.6 Å². The lowest BCUT2D eigenvalue weighted by atomic mass is 9.87. The molecule has 0 aromatic carbocycles. The van der Waals surface area contributed by atoms with E-state index in [-0.39, 0.29) is 17.7 Å². The number of anilines is 1. The highest BCUT2D eigenvalue weighted by atomic mass is 32.2. The number of rotatable bonds is 3. The van der Waals surface area contributed by atoms with Crippen molar-refractivity contribution in [3.8, 4) is 0 Å². The van der Waals surface area contributed by atoms with Crippen molar-refractivity contribution in [3.63, 3.8) is 0 Å². The number of nitrogens with one attached hydrogen (secondary N) is 2. The van der Waals surface area contributed by atoms with E-state index in [1.807, 2.05) is 0 Å². The Morgan fingerprint density at radius 1 is 1.29 bits per heavy atom. The van der Waals surface area contributed by atoms with Gasteiger partial charge < -0.3 is 10.6 Å². The number of carbonyl (C=O) groups excluding carboxylic acids is 2. The van der Waals surface area contributed by atoms with Crippen molar-refractivity contribution in [2.24, 2.45) is 11.1 Å². The fourth-order valence-electron chi connectivity index (χ4n) is 3.30. The van der Waals surface area contributed by atoms with E-state index in [1.165, 1.54) is 0 Å². The van der Waals surface area contributed by atoms with E-state index in [0.717, 1.165) is 5.56 Å². The topological polar surface area (TPSA) is 131 Å². The third-order valence-electron chi connectivity index (χ3n) is 4.73. The predicted molar refractivity (Wildman–Crippen MR) is 87.4 cm³/mol. The van der Waals surface area contributed by atoms with Crippen LogP contribution in [0.2, 0.25) is 0 Å². The number of nitrogens with zero attached hydrogens (tertiary/aromatic N) is 1. The van der Waals surface area contributed by atoms with Gasteiger partial charge in [0.2, 0.25) is 21.8 Å². The molecule has 2 aliphatic rings. The summed E-state index contributed by atoms with van der Waals surface area (Å²) in [5.74, 6) is -0.748. The molecule has 1 atom stereocenters. The number of carbonyl (C=O) groups is 2. The van der Waals surface area contributed by atoms with Gasteiger partial charge in [-0.1, -0.05) is 0 Å². The number of aromatic nitrogens is 1. The summed E-state index contributed by atoms with van der Waals surface area (Å²) < 4.78 is 22.7. The molecule has 8 nitrogen and oxygen atoms in total. The van der Waals surface area contributed by atoms with E-state index in [1.54, 1.807) is 18.5 Å². The summed E-state index contributed by atoms with van der Waals surface area (Å²) in [5, 5.41) is 10.1. The highest BCUT2D eigenvalue weighted by molar-refractivity contribution is 7.89. The van der Waals surface area contributed by atoms with Crippen LogP contribution in [-0.4, -0.2) is 36.5 Å². The fourth-order valence-corrected chi connectivity index (χ4v) is 4.23. The molecule has 9 heteroatoms. The van der Waals surface area contributed by atoms with Crippen molar-refractivity contribution in [2.45, 2.75) is 43.4 Å². The molecule has 0 bridgehead atoms. The Labute approximate surface area is 140 Å². The van der Waals surface area contributed by atoms with Crippen molar-refractivity contribution in [2.75, 3.05) is 5.32 Å². The lowest BCUT2D eigenvalue weighted by Gasteiger charge is -2.29. The molecule has 0 spiro atoms. The molecule has 2 amide bonds. The van der Waals surface area contributed by atoms with Crippen LogP contribution in [0.3, 0.4) is 0 Å². The van der Waals surface area contributed by atoms with Crippen molar-refractivity contribution >= 4 is 27.5 Å². The first-order chi connectivity index (χ1) is 11.3. The van der Waals surface area contributed by atoms with Crippen molar-refractivity contribution in [1.29, 1.82) is 0 Å². The summed E-state index contributed by atoms with van der Waals surface area (Å²) in [4.78, 5) is 28.5. The minimum atomic E-state index is -3.55. The minimum Gasteiger partial charge on any atom is -0.344 e. The average molecular weight is 352 g/mol. The SMILES string of the molecule is NS(=O)(=O)C1CCC(C(=O)NC2Cc3cnccc3NC2=O)CC1. The van der Waals surface area contributed by atoms with Gasteiger partial charge in [0, 0.05) is 30.4 Å². The zero-order valence-corrected chi connectivity index (χ0v) is 13.9. The second kappa shape index (κ2) is 6.48. The smallest absolute Gasteiger partial charge is 0.247 e. The van der Waals surface area contributed by atoms with Crippen LogP contribution >= 0.6 is 0 Å². The average Bonchev–Trinajstić information content (AvgIpc) is 2.55. The van der Waals surface area contributed by atoms with Gasteiger partial charge in [0.05, 0.1) is 5.25 Å². The Morgan fingerprint density at radius 2 is 2.00 bits per heavy atom. The molecule has 0 saturated heterocycles. The molecule has 1 fully saturated rings. The molecule has 0 radical (unpaired) electrons. The Kier molecular flexibility index (Phi) is 4.55. The van der Waals surface area contributed by atoms with Crippen LogP contribution in [0.1, 0.15) is 31.2 Å². The Balaban J connectivity index is 1.59. The highest BCUT2D eigenvalue weighted by Crippen LogP contribution is 2.28. The third-order valence-corrected chi connectivity index (χ3v) is 6.13. The van der Waals surface area contributed by atoms with E-state index in [0.29, 0.717) is 37.8 Å². The van der Waals surface area contributed by atoms with Gasteiger partial charge in [0.15, 0.2) is 0 Å². The normalized spacial score (nSPS) is 27.0. The number of fused-ring (bicyclic) bond motifs is 1. The van der Waals surface area contributed by atoms with E-state index in [4.69, 9.17) is 5.14 Å². The van der Waals surface area contributed by atoms with Crippen LogP contribution < -0.4 is 15.8 Å². The molecule has 2 heterocycles. The van der Waals surface area contributed by atoms with Crippen LogP contribution in [0.4, 0.5) is 5.69 Å². The van der Waals surface area contributed by atoms with Crippen molar-refractivity contribution < 1.29 is 18.0 Å². The Hall–Kier alpha value is -2.00. The van der Waals surface area contributed by atoms with Gasteiger partial charge in [0.25, 0.3) is 0 Å². The lowest BCUT2D eigenvalue weighted by molar-refractivity contribution is -0.130. The number of sulfonamides is 1. The molecular formula is C15H20N4O4S. The van der Waals surface area contributed by atoms with E-state index in [2.05, 4.69) is 15.6 Å². The summed E-state index contributed by atoms with van der Waals surface area (Å²) in [5.41, 5.74) is 1.59. The van der Waals surface area contributed by atoms with E-state index in [9.17, 15) is 18.0 Å². The maximum absolute atomic E-state index is 12.4. The number of nitrogens with two attached hydrogens (primary N) is 1. The second-order valence-corrected chi connectivity index (χ2v) is 8.19. The molecular weight excluding hydrogens is 332 g/mol. The number of primary sulfonamides is 1. The third kappa shape index (κ3) is 3.57. The molecule has 130 valence electrons. The maximum Gasteiger partial charge on any atom is 0.247 e. The fraction of sp³-hybridized carbons (Fsp3) is 0.533. The zero-order valence-electron chi connectivity index (χ0n) is 13.1. The molecule has 1 aromatic heterocycles. The van der Waals surface area contributed by atoms with Crippen LogP contribution in [-0.2, 0) is 26.0 Å². The first-order valence-corrected chi connectivity index (χ1v) is 9.51. The summed E-state index contributed by atoms with van der Waals surface area (Å²) in [6.45, 7) is 0. The van der Waals surface area contributed by atoms with Crippen molar-refractivity contribution in [1.82, 2.24) is 10.3 Å². The summed E-state index contributed by atoms with van der Waals surface area (Å²) in [6.07, 6.45) is 5.33. The van der Waals surface area contributed by atoms with Crippen LogP contribution in [0.15, 0.2) is 18.5 Å². The number of hydrogen-bond acceptors (Lipinski definition) is 5. The first-order valence-electron chi connectivity index (χ1n) is 7.90. The van der Waals surface area contributed by atoms with Gasteiger partial charge in [-0.3, -0.25) is 14.6 Å². The number of hydrogen-bond donors (Lipinski definition) is 3. The lowest BCUT2D eigenvalue weighted by Crippen LogP contribution is -2.50. The largest absolute Gasteiger partial charge is 0.344 e. The van der Waals surface area contributed by atoms with Crippen LogP contribution in [0, 0.1) is 5.92 Å². The van der Waals surface area contributed by atoms with Crippen LogP contribution in [0.25, 0.3) is 0 Å². The number of amides is 2. The number of pyridine rings is 1. The first kappa shape index (κ1) is 16.8. The monoisotopic (exact) mass is 352 g/mol. The molecule has 1 aliphatic carbocycles. The summed E-state index contributed by atoms with van der Waals surface area (Å²) in [6, 6.07) is 1.09. The zero-order chi connectivity index (χ0) is 17.3. The van der Waals surface area contributed by atoms with Gasteiger partial charge >= 0.3 is 0 Å². The summed E-state index contributed by atoms with van der Waals surface area (Å²) >= 11 is 0. The van der Waals surface area contributed by atoms with E-state index >= 15 is 0 Å². The quantitative estimate of drug-likeness (QED) is 0.699. The minimum absolute atomic E-state index is 0.213. The molecule has 1 saturated carbocycles. The van der Waals surface area contributed by atoms with E-state index < -0.39 is 21.3 Å². The van der Waals surface area contributed by atoms with Crippen LogP contribution in [0.5, 0.6) is 0 Å². The second-order valence-electron chi connectivity index (χ2n) is 6.35. The molecule has 1 aliphatic heterocycles.